The Labute approximate surface area is 156 Å². The third-order valence-electron chi connectivity index (χ3n) is 4.37. The standard InChI is InChI=1S/C21H14F6O/c22-20(23,24)16-7-1-13(2-8-16)19(15-5-11-18(28)12-6-15)14-3-9-17(10-4-14)21(25,26)27/h1-12,19,28H. The van der Waals surface area contributed by atoms with Crippen molar-refractivity contribution in [3.05, 3.63) is 101 Å². The van der Waals surface area contributed by atoms with E-state index in [1.165, 1.54) is 36.4 Å². The van der Waals surface area contributed by atoms with Crippen LogP contribution in [-0.4, -0.2) is 5.11 Å². The smallest absolute Gasteiger partial charge is 0.416 e. The van der Waals surface area contributed by atoms with E-state index in [1.807, 2.05) is 0 Å². The van der Waals surface area contributed by atoms with E-state index in [1.54, 1.807) is 12.1 Å². The maximum Gasteiger partial charge on any atom is 0.416 e. The lowest BCUT2D eigenvalue weighted by Crippen LogP contribution is -2.08. The van der Waals surface area contributed by atoms with Crippen molar-refractivity contribution in [1.82, 2.24) is 0 Å². The molecule has 1 nitrogen and oxygen atoms in total. The van der Waals surface area contributed by atoms with Crippen LogP contribution in [0.15, 0.2) is 72.8 Å². The van der Waals surface area contributed by atoms with E-state index >= 15 is 0 Å². The van der Waals surface area contributed by atoms with Gasteiger partial charge < -0.3 is 5.11 Å². The molecule has 0 aliphatic rings. The van der Waals surface area contributed by atoms with Crippen molar-refractivity contribution < 1.29 is 31.4 Å². The SMILES string of the molecule is Oc1ccc(C(c2ccc(C(F)(F)F)cc2)c2ccc(C(F)(F)F)cc2)cc1. The van der Waals surface area contributed by atoms with Crippen LogP contribution in [0.25, 0.3) is 0 Å². The molecule has 0 unspecified atom stereocenters. The van der Waals surface area contributed by atoms with E-state index in [2.05, 4.69) is 0 Å². The second kappa shape index (κ2) is 7.22. The number of rotatable bonds is 3. The van der Waals surface area contributed by atoms with Crippen LogP contribution in [0.1, 0.15) is 33.7 Å². The number of hydrogen-bond acceptors (Lipinski definition) is 1. The first-order valence-electron chi connectivity index (χ1n) is 8.19. The quantitative estimate of drug-likeness (QED) is 0.390. The maximum absolute atomic E-state index is 12.8. The molecule has 0 aliphatic heterocycles. The minimum atomic E-state index is -4.49. The number of halogens is 6. The van der Waals surface area contributed by atoms with Gasteiger partial charge in [-0.1, -0.05) is 36.4 Å². The summed E-state index contributed by atoms with van der Waals surface area (Å²) >= 11 is 0. The average Bonchev–Trinajstić information content (AvgIpc) is 2.63. The molecule has 0 fully saturated rings. The molecule has 0 saturated heterocycles. The largest absolute Gasteiger partial charge is 0.508 e. The Kier molecular flexibility index (Phi) is 5.10. The van der Waals surface area contributed by atoms with Gasteiger partial charge in [0.1, 0.15) is 5.75 Å². The average molecular weight is 396 g/mol. The van der Waals surface area contributed by atoms with Gasteiger partial charge in [0.05, 0.1) is 11.1 Å². The van der Waals surface area contributed by atoms with E-state index in [4.69, 9.17) is 0 Å². The van der Waals surface area contributed by atoms with Crippen LogP contribution in [0.4, 0.5) is 26.3 Å². The molecule has 0 spiro atoms. The van der Waals surface area contributed by atoms with Crippen LogP contribution in [0.3, 0.4) is 0 Å². The summed E-state index contributed by atoms with van der Waals surface area (Å²) in [6.07, 6.45) is -8.97. The third kappa shape index (κ3) is 4.30. The summed E-state index contributed by atoms with van der Waals surface area (Å²) in [4.78, 5) is 0. The highest BCUT2D eigenvalue weighted by atomic mass is 19.4. The second-order valence-corrected chi connectivity index (χ2v) is 6.26. The Morgan fingerprint density at radius 3 is 1.07 bits per heavy atom. The molecule has 3 rings (SSSR count). The zero-order valence-corrected chi connectivity index (χ0v) is 14.2. The van der Waals surface area contributed by atoms with Crippen LogP contribution < -0.4 is 0 Å². The third-order valence-corrected chi connectivity index (χ3v) is 4.37. The fraction of sp³-hybridized carbons (Fsp3) is 0.143. The number of benzene rings is 3. The van der Waals surface area contributed by atoms with Crippen LogP contribution in [0.5, 0.6) is 5.75 Å². The molecular weight excluding hydrogens is 382 g/mol. The second-order valence-electron chi connectivity index (χ2n) is 6.26. The summed E-state index contributed by atoms with van der Waals surface area (Å²) in [6.45, 7) is 0. The molecule has 0 radical (unpaired) electrons. The minimum absolute atomic E-state index is 0.00217. The molecular formula is C21H14F6O. The van der Waals surface area contributed by atoms with Gasteiger partial charge in [-0.2, -0.15) is 26.3 Å². The van der Waals surface area contributed by atoms with Crippen molar-refractivity contribution in [1.29, 1.82) is 0 Å². The minimum Gasteiger partial charge on any atom is -0.508 e. The van der Waals surface area contributed by atoms with E-state index in [0.717, 1.165) is 24.3 Å². The Morgan fingerprint density at radius 2 is 0.786 bits per heavy atom. The molecule has 0 aliphatic carbocycles. The fourth-order valence-electron chi connectivity index (χ4n) is 2.97. The van der Waals surface area contributed by atoms with Gasteiger partial charge in [-0.25, -0.2) is 0 Å². The van der Waals surface area contributed by atoms with Crippen molar-refractivity contribution in [3.63, 3.8) is 0 Å². The fourth-order valence-corrected chi connectivity index (χ4v) is 2.97. The normalized spacial score (nSPS) is 12.4. The first kappa shape index (κ1) is 19.8. The Morgan fingerprint density at radius 1 is 0.500 bits per heavy atom. The highest BCUT2D eigenvalue weighted by molar-refractivity contribution is 5.45. The van der Waals surface area contributed by atoms with Gasteiger partial charge in [-0.15, -0.1) is 0 Å². The maximum atomic E-state index is 12.8. The number of aromatic hydroxyl groups is 1. The van der Waals surface area contributed by atoms with Gasteiger partial charge in [0.2, 0.25) is 0 Å². The van der Waals surface area contributed by atoms with Crippen LogP contribution in [0, 0.1) is 0 Å². The highest BCUT2D eigenvalue weighted by Gasteiger charge is 2.32. The van der Waals surface area contributed by atoms with Crippen LogP contribution >= 0.6 is 0 Å². The van der Waals surface area contributed by atoms with Crippen molar-refractivity contribution in [2.45, 2.75) is 18.3 Å². The predicted molar refractivity (Wildman–Crippen MR) is 91.9 cm³/mol. The summed E-state index contributed by atoms with van der Waals surface area (Å²) in [5.74, 6) is -0.590. The van der Waals surface area contributed by atoms with Gasteiger partial charge in [-0.05, 0) is 53.1 Å². The molecule has 0 amide bonds. The van der Waals surface area contributed by atoms with Crippen LogP contribution in [0.2, 0.25) is 0 Å². The lowest BCUT2D eigenvalue weighted by atomic mass is 9.84. The van der Waals surface area contributed by atoms with Gasteiger partial charge in [0, 0.05) is 5.92 Å². The summed E-state index contributed by atoms with van der Waals surface area (Å²) in [6, 6.07) is 14.9. The molecule has 7 heteroatoms. The molecule has 3 aromatic carbocycles. The summed E-state index contributed by atoms with van der Waals surface area (Å²) in [5.41, 5.74) is -0.0320. The molecule has 0 bridgehead atoms. The van der Waals surface area contributed by atoms with Gasteiger partial charge in [0.15, 0.2) is 0 Å². The van der Waals surface area contributed by atoms with Crippen molar-refractivity contribution in [2.75, 3.05) is 0 Å². The molecule has 3 aromatic rings. The van der Waals surface area contributed by atoms with E-state index < -0.39 is 29.4 Å². The van der Waals surface area contributed by atoms with Crippen LogP contribution in [-0.2, 0) is 12.4 Å². The van der Waals surface area contributed by atoms with Gasteiger partial charge in [-0.3, -0.25) is 0 Å². The molecule has 28 heavy (non-hydrogen) atoms. The highest BCUT2D eigenvalue weighted by Crippen LogP contribution is 2.37. The Bertz CT molecular complexity index is 866. The van der Waals surface area contributed by atoms with Gasteiger partial charge in [0.25, 0.3) is 0 Å². The first-order chi connectivity index (χ1) is 13.1. The molecule has 1 N–H and O–H groups in total. The topological polar surface area (TPSA) is 20.2 Å². The summed E-state index contributed by atoms with van der Waals surface area (Å²) in [5, 5.41) is 9.48. The predicted octanol–water partition coefficient (Wildman–Crippen LogP) is 6.61. The molecule has 146 valence electrons. The zero-order valence-electron chi connectivity index (χ0n) is 14.2. The molecule has 0 saturated carbocycles. The van der Waals surface area contributed by atoms with Crippen molar-refractivity contribution in [3.8, 4) is 5.75 Å². The van der Waals surface area contributed by atoms with Gasteiger partial charge >= 0.3 is 12.4 Å². The Balaban J connectivity index is 2.06. The first-order valence-corrected chi connectivity index (χ1v) is 8.19. The van der Waals surface area contributed by atoms with E-state index in [9.17, 15) is 31.4 Å². The van der Waals surface area contributed by atoms with E-state index in [-0.39, 0.29) is 5.75 Å². The summed E-state index contributed by atoms with van der Waals surface area (Å²) < 4.78 is 77.0. The van der Waals surface area contributed by atoms with Crippen molar-refractivity contribution in [2.24, 2.45) is 0 Å². The van der Waals surface area contributed by atoms with E-state index in [0.29, 0.717) is 16.7 Å². The zero-order chi connectivity index (χ0) is 20.5. The van der Waals surface area contributed by atoms with Crippen molar-refractivity contribution >= 4 is 0 Å². The molecule has 0 atom stereocenters. The lowest BCUT2D eigenvalue weighted by molar-refractivity contribution is -0.138. The summed E-state index contributed by atoms with van der Waals surface area (Å²) in [7, 11) is 0. The molecule has 0 heterocycles. The number of alkyl halides is 6. The number of phenolic OH excluding ortho intramolecular Hbond substituents is 1. The molecule has 0 aromatic heterocycles. The number of phenols is 1. The Hall–Kier alpha value is -2.96. The monoisotopic (exact) mass is 396 g/mol. The lowest BCUT2D eigenvalue weighted by Gasteiger charge is -2.20. The number of hydrogen-bond donors (Lipinski definition) is 1.